The van der Waals surface area contributed by atoms with Gasteiger partial charge in [-0.05, 0) is 18.2 Å². The molecule has 0 aliphatic carbocycles. The molecule has 0 fully saturated rings. The molecule has 8 heteroatoms. The van der Waals surface area contributed by atoms with Crippen LogP contribution in [0, 0.1) is 0 Å². The van der Waals surface area contributed by atoms with Gasteiger partial charge in [-0.25, -0.2) is 8.42 Å². The molecule has 112 valence electrons. The van der Waals surface area contributed by atoms with Crippen LogP contribution in [-0.2, 0) is 19.6 Å². The van der Waals surface area contributed by atoms with Crippen LogP contribution in [0.15, 0.2) is 27.6 Å². The number of nitrogens with zero attached hydrogens (tertiary/aromatic N) is 1. The van der Waals surface area contributed by atoms with Gasteiger partial charge in [0.15, 0.2) is 0 Å². The number of ether oxygens (including phenoxy) is 1. The minimum atomic E-state index is -3.73. The van der Waals surface area contributed by atoms with Crippen LogP contribution in [-0.4, -0.2) is 38.9 Å². The Kier molecular flexibility index (Phi) is 6.44. The zero-order chi connectivity index (χ0) is 15.3. The van der Waals surface area contributed by atoms with Crippen LogP contribution < -0.4 is 0 Å². The van der Waals surface area contributed by atoms with E-state index in [0.29, 0.717) is 4.47 Å². The summed E-state index contributed by atoms with van der Waals surface area (Å²) in [5, 5.41) is 0.135. The number of hydrogen-bond donors (Lipinski definition) is 0. The monoisotopic (exact) mass is 383 g/mol. The number of hydrogen-bond acceptors (Lipinski definition) is 4. The third kappa shape index (κ3) is 4.18. The van der Waals surface area contributed by atoms with E-state index in [0.717, 1.165) is 0 Å². The number of halogens is 2. The maximum atomic E-state index is 12.5. The second-order valence-electron chi connectivity index (χ2n) is 3.90. The number of methoxy groups -OCH3 is 1. The molecule has 0 radical (unpaired) electrons. The molecule has 0 heterocycles. The van der Waals surface area contributed by atoms with Gasteiger partial charge in [-0.2, -0.15) is 4.31 Å². The third-order valence-electron chi connectivity index (χ3n) is 2.66. The van der Waals surface area contributed by atoms with E-state index in [-0.39, 0.29) is 29.4 Å². The summed E-state index contributed by atoms with van der Waals surface area (Å²) in [7, 11) is -2.47. The van der Waals surface area contributed by atoms with Crippen molar-refractivity contribution in [1.29, 1.82) is 0 Å². The lowest BCUT2D eigenvalue weighted by Gasteiger charge is -2.20. The average Bonchev–Trinajstić information content (AvgIpc) is 2.38. The Morgan fingerprint density at radius 1 is 1.45 bits per heavy atom. The van der Waals surface area contributed by atoms with Crippen molar-refractivity contribution in [3.63, 3.8) is 0 Å². The van der Waals surface area contributed by atoms with Crippen LogP contribution in [0.2, 0.25) is 5.02 Å². The Balaban J connectivity index is 3.02. The summed E-state index contributed by atoms with van der Waals surface area (Å²) in [6.07, 6.45) is -0.00226. The molecule has 0 amide bonds. The van der Waals surface area contributed by atoms with Crippen molar-refractivity contribution in [2.24, 2.45) is 0 Å². The summed E-state index contributed by atoms with van der Waals surface area (Å²) in [4.78, 5) is 11.2. The molecule has 0 saturated heterocycles. The quantitative estimate of drug-likeness (QED) is 0.707. The fraction of sp³-hybridized carbons (Fsp3) is 0.417. The Morgan fingerprint density at radius 3 is 2.60 bits per heavy atom. The lowest BCUT2D eigenvalue weighted by Crippen LogP contribution is -2.33. The van der Waals surface area contributed by atoms with Gasteiger partial charge >= 0.3 is 5.97 Å². The van der Waals surface area contributed by atoms with Crippen molar-refractivity contribution >= 4 is 43.5 Å². The van der Waals surface area contributed by atoms with Gasteiger partial charge in [-0.1, -0.05) is 34.5 Å². The van der Waals surface area contributed by atoms with Gasteiger partial charge < -0.3 is 4.74 Å². The normalized spacial score (nSPS) is 11.7. The topological polar surface area (TPSA) is 63.7 Å². The summed E-state index contributed by atoms with van der Waals surface area (Å²) in [5.41, 5.74) is 0. The number of carbonyl (C=O) groups excluding carboxylic acids is 1. The Morgan fingerprint density at radius 2 is 2.10 bits per heavy atom. The molecule has 0 N–H and O–H groups in total. The predicted octanol–water partition coefficient (Wildman–Crippen LogP) is 2.68. The summed E-state index contributed by atoms with van der Waals surface area (Å²) in [5.74, 6) is -0.458. The van der Waals surface area contributed by atoms with Gasteiger partial charge in [-0.3, -0.25) is 4.79 Å². The van der Waals surface area contributed by atoms with E-state index >= 15 is 0 Å². The molecule has 1 aromatic rings. The van der Waals surface area contributed by atoms with E-state index in [1.54, 1.807) is 13.0 Å². The first-order chi connectivity index (χ1) is 9.32. The van der Waals surface area contributed by atoms with Crippen molar-refractivity contribution in [3.05, 3.63) is 27.7 Å². The van der Waals surface area contributed by atoms with Crippen molar-refractivity contribution in [2.75, 3.05) is 20.2 Å². The summed E-state index contributed by atoms with van der Waals surface area (Å²) >= 11 is 9.20. The fourth-order valence-electron chi connectivity index (χ4n) is 1.59. The molecule has 5 nitrogen and oxygen atoms in total. The van der Waals surface area contributed by atoms with Crippen LogP contribution >= 0.6 is 27.5 Å². The first kappa shape index (κ1) is 17.4. The second kappa shape index (κ2) is 7.40. The van der Waals surface area contributed by atoms with E-state index in [9.17, 15) is 13.2 Å². The Labute approximate surface area is 132 Å². The summed E-state index contributed by atoms with van der Waals surface area (Å²) in [6, 6.07) is 4.55. The van der Waals surface area contributed by atoms with Gasteiger partial charge in [0.2, 0.25) is 10.0 Å². The van der Waals surface area contributed by atoms with Crippen molar-refractivity contribution in [2.45, 2.75) is 18.2 Å². The Hall–Kier alpha value is -0.630. The van der Waals surface area contributed by atoms with Crippen LogP contribution in [0.25, 0.3) is 0 Å². The number of sulfonamides is 1. The molecule has 0 atom stereocenters. The zero-order valence-electron chi connectivity index (χ0n) is 11.1. The first-order valence-corrected chi connectivity index (χ1v) is 8.46. The summed E-state index contributed by atoms with van der Waals surface area (Å²) < 4.78 is 31.3. The van der Waals surface area contributed by atoms with Crippen molar-refractivity contribution in [3.8, 4) is 0 Å². The van der Waals surface area contributed by atoms with E-state index < -0.39 is 16.0 Å². The molecule has 1 aromatic carbocycles. The molecule has 1 rings (SSSR count). The average molecular weight is 385 g/mol. The highest BCUT2D eigenvalue weighted by Gasteiger charge is 2.26. The lowest BCUT2D eigenvalue weighted by molar-refractivity contribution is -0.140. The van der Waals surface area contributed by atoms with Crippen molar-refractivity contribution < 1.29 is 17.9 Å². The number of rotatable bonds is 6. The standard InChI is InChI=1S/C12H15BrClNO4S/c1-3-15(7-6-12(16)19-2)20(17,18)11-5-4-9(13)8-10(11)14/h4-5,8H,3,6-7H2,1-2H3. The fourth-order valence-corrected chi connectivity index (χ4v) is 4.05. The van der Waals surface area contributed by atoms with Crippen LogP contribution in [0.3, 0.4) is 0 Å². The number of esters is 1. The molecule has 0 unspecified atom stereocenters. The highest BCUT2D eigenvalue weighted by atomic mass is 79.9. The molecule has 0 aliphatic rings. The zero-order valence-corrected chi connectivity index (χ0v) is 14.3. The van der Waals surface area contributed by atoms with Crippen LogP contribution in [0.1, 0.15) is 13.3 Å². The maximum Gasteiger partial charge on any atom is 0.306 e. The molecule has 0 aromatic heterocycles. The molecule has 20 heavy (non-hydrogen) atoms. The minimum Gasteiger partial charge on any atom is -0.469 e. The first-order valence-electron chi connectivity index (χ1n) is 5.85. The minimum absolute atomic E-state index is 0.00226. The van der Waals surface area contributed by atoms with Crippen LogP contribution in [0.5, 0.6) is 0 Å². The molecule has 0 aliphatic heterocycles. The maximum absolute atomic E-state index is 12.5. The molecule has 0 bridgehead atoms. The van der Waals surface area contributed by atoms with Crippen molar-refractivity contribution in [1.82, 2.24) is 4.31 Å². The van der Waals surface area contributed by atoms with Crippen LogP contribution in [0.4, 0.5) is 0 Å². The Bertz CT molecular complexity index is 591. The predicted molar refractivity (Wildman–Crippen MR) is 80.2 cm³/mol. The highest BCUT2D eigenvalue weighted by molar-refractivity contribution is 9.10. The summed E-state index contributed by atoms with van der Waals surface area (Å²) in [6.45, 7) is 1.99. The molecular weight excluding hydrogens is 370 g/mol. The largest absolute Gasteiger partial charge is 0.469 e. The van der Waals surface area contributed by atoms with Gasteiger partial charge in [0.25, 0.3) is 0 Å². The second-order valence-corrected chi connectivity index (χ2v) is 7.13. The SMILES string of the molecule is CCN(CCC(=O)OC)S(=O)(=O)c1ccc(Br)cc1Cl. The van der Waals surface area contributed by atoms with E-state index in [4.69, 9.17) is 11.6 Å². The molecule has 0 saturated carbocycles. The van der Waals surface area contributed by atoms with E-state index in [2.05, 4.69) is 20.7 Å². The third-order valence-corrected chi connectivity index (χ3v) is 5.61. The number of benzene rings is 1. The van der Waals surface area contributed by atoms with Gasteiger partial charge in [-0.15, -0.1) is 0 Å². The molecular formula is C12H15BrClNO4S. The highest BCUT2D eigenvalue weighted by Crippen LogP contribution is 2.27. The smallest absolute Gasteiger partial charge is 0.306 e. The number of carbonyl (C=O) groups is 1. The van der Waals surface area contributed by atoms with E-state index in [1.807, 2.05) is 0 Å². The lowest BCUT2D eigenvalue weighted by atomic mass is 10.4. The van der Waals surface area contributed by atoms with Gasteiger partial charge in [0, 0.05) is 17.6 Å². The van der Waals surface area contributed by atoms with E-state index in [1.165, 1.54) is 23.5 Å². The molecule has 0 spiro atoms. The van der Waals surface area contributed by atoms with Gasteiger partial charge in [0.05, 0.1) is 18.6 Å². The van der Waals surface area contributed by atoms with Gasteiger partial charge in [0.1, 0.15) is 4.90 Å².